The highest BCUT2D eigenvalue weighted by Crippen LogP contribution is 2.43. The molecule has 0 aromatic heterocycles. The van der Waals surface area contributed by atoms with Crippen molar-refractivity contribution in [3.05, 3.63) is 0 Å². The predicted molar refractivity (Wildman–Crippen MR) is 79.1 cm³/mol. The minimum Gasteiger partial charge on any atom is -0.392 e. The molecule has 0 radical (unpaired) electrons. The number of hydrogen-bond acceptors (Lipinski definition) is 2. The smallest absolute Gasteiger partial charge is 0.0631 e. The van der Waals surface area contributed by atoms with E-state index in [0.717, 1.165) is 18.5 Å². The number of aliphatic hydroxyl groups is 1. The number of likely N-dealkylation sites (tertiary alicyclic amines) is 1. The van der Waals surface area contributed by atoms with Crippen LogP contribution in [0.3, 0.4) is 0 Å². The Kier molecular flexibility index (Phi) is 3.92. The van der Waals surface area contributed by atoms with Crippen molar-refractivity contribution in [2.45, 2.75) is 77.4 Å². The largest absolute Gasteiger partial charge is 0.392 e. The van der Waals surface area contributed by atoms with Crippen molar-refractivity contribution < 1.29 is 5.11 Å². The molecule has 2 heteroatoms. The Morgan fingerprint density at radius 1 is 1.05 bits per heavy atom. The van der Waals surface area contributed by atoms with Crippen LogP contribution in [0.4, 0.5) is 0 Å². The van der Waals surface area contributed by atoms with Gasteiger partial charge in [-0.1, -0.05) is 26.7 Å². The molecule has 1 aliphatic heterocycles. The lowest BCUT2D eigenvalue weighted by atomic mass is 9.78. The molecule has 0 aromatic carbocycles. The Balaban J connectivity index is 1.62. The maximum atomic E-state index is 10.5. The second-order valence-electron chi connectivity index (χ2n) is 7.98. The molecular formula is C17H31NO. The lowest BCUT2D eigenvalue weighted by molar-refractivity contribution is 0.00155. The Hall–Kier alpha value is -0.0800. The first-order valence-electron chi connectivity index (χ1n) is 8.50. The molecule has 110 valence electrons. The van der Waals surface area contributed by atoms with Crippen LogP contribution in [-0.4, -0.2) is 35.2 Å². The van der Waals surface area contributed by atoms with E-state index in [1.54, 1.807) is 0 Å². The van der Waals surface area contributed by atoms with E-state index in [2.05, 4.69) is 18.7 Å². The average Bonchev–Trinajstić information content (AvgIpc) is 2.66. The summed E-state index contributed by atoms with van der Waals surface area (Å²) in [6.07, 6.45) is 10.9. The first-order valence-corrected chi connectivity index (χ1v) is 8.50. The van der Waals surface area contributed by atoms with Crippen LogP contribution in [-0.2, 0) is 0 Å². The fourth-order valence-corrected chi connectivity index (χ4v) is 4.95. The van der Waals surface area contributed by atoms with Crippen molar-refractivity contribution in [1.82, 2.24) is 4.90 Å². The van der Waals surface area contributed by atoms with E-state index >= 15 is 0 Å². The van der Waals surface area contributed by atoms with Crippen molar-refractivity contribution >= 4 is 0 Å². The lowest BCUT2D eigenvalue weighted by Gasteiger charge is -2.45. The van der Waals surface area contributed by atoms with Crippen LogP contribution >= 0.6 is 0 Å². The summed E-state index contributed by atoms with van der Waals surface area (Å²) in [5, 5.41) is 10.5. The molecule has 1 N–H and O–H groups in total. The topological polar surface area (TPSA) is 23.5 Å². The molecule has 19 heavy (non-hydrogen) atoms. The molecule has 1 saturated heterocycles. The molecule has 3 aliphatic rings. The van der Waals surface area contributed by atoms with Crippen LogP contribution in [0.5, 0.6) is 0 Å². The van der Waals surface area contributed by atoms with Gasteiger partial charge in [-0.25, -0.2) is 0 Å². The molecular weight excluding hydrogens is 234 g/mol. The summed E-state index contributed by atoms with van der Waals surface area (Å²) in [7, 11) is 0. The van der Waals surface area contributed by atoms with Crippen LogP contribution < -0.4 is 0 Å². The third-order valence-electron chi connectivity index (χ3n) is 6.23. The number of hydrogen-bond donors (Lipinski definition) is 1. The number of fused-ring (bicyclic) bond motifs is 1. The van der Waals surface area contributed by atoms with Crippen LogP contribution in [0, 0.1) is 17.3 Å². The van der Waals surface area contributed by atoms with Gasteiger partial charge in [0, 0.05) is 12.6 Å². The first kappa shape index (κ1) is 13.9. The van der Waals surface area contributed by atoms with E-state index in [-0.39, 0.29) is 11.5 Å². The Labute approximate surface area is 118 Å². The zero-order valence-electron chi connectivity index (χ0n) is 12.8. The first-order chi connectivity index (χ1) is 9.08. The third kappa shape index (κ3) is 2.71. The highest BCUT2D eigenvalue weighted by Gasteiger charge is 2.43. The van der Waals surface area contributed by atoms with E-state index in [1.807, 2.05) is 0 Å². The van der Waals surface area contributed by atoms with E-state index < -0.39 is 0 Å². The van der Waals surface area contributed by atoms with Crippen LogP contribution in [0.2, 0.25) is 0 Å². The zero-order chi connectivity index (χ0) is 13.5. The quantitative estimate of drug-likeness (QED) is 0.827. The van der Waals surface area contributed by atoms with Crippen molar-refractivity contribution in [3.63, 3.8) is 0 Å². The predicted octanol–water partition coefficient (Wildman–Crippen LogP) is 3.44. The Bertz CT molecular complexity index is 312. The van der Waals surface area contributed by atoms with Crippen molar-refractivity contribution in [2.75, 3.05) is 13.1 Å². The van der Waals surface area contributed by atoms with Gasteiger partial charge in [0.15, 0.2) is 0 Å². The molecule has 0 aromatic rings. The molecule has 2 nitrogen and oxygen atoms in total. The fraction of sp³-hybridized carbons (Fsp3) is 1.00. The minimum atomic E-state index is -0.0866. The lowest BCUT2D eigenvalue weighted by Crippen LogP contribution is -2.49. The van der Waals surface area contributed by atoms with Crippen LogP contribution in [0.1, 0.15) is 65.2 Å². The van der Waals surface area contributed by atoms with Gasteiger partial charge in [0.1, 0.15) is 0 Å². The molecule has 3 rings (SSSR count). The summed E-state index contributed by atoms with van der Waals surface area (Å²) in [6, 6.07) is 0.846. The average molecular weight is 265 g/mol. The molecule has 2 aliphatic carbocycles. The Morgan fingerprint density at radius 3 is 2.53 bits per heavy atom. The third-order valence-corrected chi connectivity index (χ3v) is 6.23. The van der Waals surface area contributed by atoms with Gasteiger partial charge in [0.2, 0.25) is 0 Å². The number of aliphatic hydroxyl groups excluding tert-OH is 1. The van der Waals surface area contributed by atoms with Gasteiger partial charge < -0.3 is 5.11 Å². The maximum Gasteiger partial charge on any atom is 0.0631 e. The summed E-state index contributed by atoms with van der Waals surface area (Å²) in [5.74, 6) is 1.49. The minimum absolute atomic E-state index is 0.0866. The summed E-state index contributed by atoms with van der Waals surface area (Å²) in [6.45, 7) is 6.91. The molecule has 1 heterocycles. The van der Waals surface area contributed by atoms with Crippen LogP contribution in [0.15, 0.2) is 0 Å². The second-order valence-corrected chi connectivity index (χ2v) is 7.98. The number of piperidine rings is 1. The molecule has 2 saturated carbocycles. The number of nitrogens with zero attached hydrogens (tertiary/aromatic N) is 1. The standard InChI is InChI=1S/C17H31NO/c1-17(2)10-9-14(16(17)19)12-18-11-5-7-13-6-3-4-8-15(13)18/h13-16,19H,3-12H2,1-2H3/t13-,14?,15-,16?/m1/s1. The van der Waals surface area contributed by atoms with E-state index in [4.69, 9.17) is 0 Å². The normalized spacial score (nSPS) is 43.1. The highest BCUT2D eigenvalue weighted by molar-refractivity contribution is 4.95. The molecule has 0 bridgehead atoms. The summed E-state index contributed by atoms with van der Waals surface area (Å²) in [5.41, 5.74) is 0.145. The van der Waals surface area contributed by atoms with E-state index in [1.165, 1.54) is 57.9 Å². The second kappa shape index (κ2) is 5.37. The van der Waals surface area contributed by atoms with Gasteiger partial charge in [-0.15, -0.1) is 0 Å². The summed E-state index contributed by atoms with van der Waals surface area (Å²) in [4.78, 5) is 2.75. The molecule has 0 amide bonds. The van der Waals surface area contributed by atoms with Gasteiger partial charge >= 0.3 is 0 Å². The van der Waals surface area contributed by atoms with Gasteiger partial charge in [0.25, 0.3) is 0 Å². The highest BCUT2D eigenvalue weighted by atomic mass is 16.3. The molecule has 4 atom stereocenters. The Morgan fingerprint density at radius 2 is 1.79 bits per heavy atom. The molecule has 3 fully saturated rings. The van der Waals surface area contributed by atoms with Crippen LogP contribution in [0.25, 0.3) is 0 Å². The zero-order valence-corrected chi connectivity index (χ0v) is 12.8. The van der Waals surface area contributed by atoms with Crippen molar-refractivity contribution in [1.29, 1.82) is 0 Å². The summed E-state index contributed by atoms with van der Waals surface area (Å²) >= 11 is 0. The van der Waals surface area contributed by atoms with Gasteiger partial charge in [-0.3, -0.25) is 4.90 Å². The molecule has 2 unspecified atom stereocenters. The SMILES string of the molecule is CC1(C)CCC(CN2CCC[C@H]3CCCC[C@H]32)C1O. The maximum absolute atomic E-state index is 10.5. The van der Waals surface area contributed by atoms with E-state index in [9.17, 15) is 5.11 Å². The van der Waals surface area contributed by atoms with Crippen molar-refractivity contribution in [2.24, 2.45) is 17.3 Å². The molecule has 0 spiro atoms. The van der Waals surface area contributed by atoms with Gasteiger partial charge in [-0.05, 0) is 62.3 Å². The van der Waals surface area contributed by atoms with Gasteiger partial charge in [-0.2, -0.15) is 0 Å². The summed E-state index contributed by atoms with van der Waals surface area (Å²) < 4.78 is 0. The van der Waals surface area contributed by atoms with E-state index in [0.29, 0.717) is 5.92 Å². The number of rotatable bonds is 2. The monoisotopic (exact) mass is 265 g/mol. The van der Waals surface area contributed by atoms with Gasteiger partial charge in [0.05, 0.1) is 6.10 Å². The van der Waals surface area contributed by atoms with Crippen molar-refractivity contribution in [3.8, 4) is 0 Å². The fourth-order valence-electron chi connectivity index (χ4n) is 4.95.